The fourth-order valence-electron chi connectivity index (χ4n) is 1.03. The van der Waals surface area contributed by atoms with Crippen LogP contribution < -0.4 is 5.73 Å². The minimum atomic E-state index is -3.00. The first-order chi connectivity index (χ1) is 7.14. The van der Waals surface area contributed by atoms with Gasteiger partial charge in [0.15, 0.2) is 0 Å². The Morgan fingerprint density at radius 3 is 1.60 bits per heavy atom. The quantitative estimate of drug-likeness (QED) is 0.483. The highest BCUT2D eigenvalue weighted by atomic mass is 28.4. The highest BCUT2D eigenvalue weighted by molar-refractivity contribution is 6.53. The van der Waals surface area contributed by atoms with Crippen LogP contribution in [0.1, 0.15) is 34.1 Å². The van der Waals surface area contributed by atoms with Crippen molar-refractivity contribution in [2.45, 2.75) is 40.3 Å². The molecule has 5 nitrogen and oxygen atoms in total. The van der Waals surface area contributed by atoms with E-state index in [1.165, 1.54) is 0 Å². The Kier molecular flexibility index (Phi) is 8.21. The van der Waals surface area contributed by atoms with Crippen molar-refractivity contribution in [2.24, 2.45) is 5.73 Å². The standard InChI is InChI=1S/C9H23NO4Si/c1-5-9(10)14-15(11-6-2,12-7-3)13-8-4/h9H,5-8,10H2,1-4H3. The summed E-state index contributed by atoms with van der Waals surface area (Å²) in [5.41, 5.74) is 5.72. The maximum Gasteiger partial charge on any atom is 0.680 e. The molecule has 0 spiro atoms. The van der Waals surface area contributed by atoms with E-state index in [-0.39, 0.29) is 0 Å². The molecule has 92 valence electrons. The zero-order valence-corrected chi connectivity index (χ0v) is 11.1. The van der Waals surface area contributed by atoms with Crippen LogP contribution in [0.15, 0.2) is 0 Å². The zero-order valence-electron chi connectivity index (χ0n) is 10.1. The lowest BCUT2D eigenvalue weighted by atomic mass is 10.5. The van der Waals surface area contributed by atoms with Gasteiger partial charge in [-0.25, -0.2) is 0 Å². The molecule has 0 saturated carbocycles. The lowest BCUT2D eigenvalue weighted by molar-refractivity contribution is -0.0494. The van der Waals surface area contributed by atoms with Crippen LogP contribution in [0.25, 0.3) is 0 Å². The van der Waals surface area contributed by atoms with Gasteiger partial charge in [-0.15, -0.1) is 0 Å². The fraction of sp³-hybridized carbons (Fsp3) is 1.00. The molecule has 0 radical (unpaired) electrons. The first-order valence-electron chi connectivity index (χ1n) is 5.49. The molecule has 0 heterocycles. The summed E-state index contributed by atoms with van der Waals surface area (Å²) in [5, 5.41) is 0. The van der Waals surface area contributed by atoms with Gasteiger partial charge in [0.25, 0.3) is 0 Å². The van der Waals surface area contributed by atoms with E-state index in [4.69, 9.17) is 23.4 Å². The number of nitrogens with two attached hydrogens (primary N) is 1. The van der Waals surface area contributed by atoms with E-state index in [0.717, 1.165) is 0 Å². The molecule has 1 atom stereocenters. The van der Waals surface area contributed by atoms with E-state index in [9.17, 15) is 0 Å². The molecule has 0 saturated heterocycles. The largest absolute Gasteiger partial charge is 0.680 e. The maximum atomic E-state index is 5.72. The van der Waals surface area contributed by atoms with Gasteiger partial charge < -0.3 is 23.4 Å². The predicted molar refractivity (Wildman–Crippen MR) is 60.0 cm³/mol. The molecule has 0 aliphatic rings. The van der Waals surface area contributed by atoms with Crippen LogP contribution in [0.4, 0.5) is 0 Å². The zero-order chi connectivity index (χ0) is 11.7. The fourth-order valence-corrected chi connectivity index (χ4v) is 3.08. The summed E-state index contributed by atoms with van der Waals surface area (Å²) >= 11 is 0. The van der Waals surface area contributed by atoms with Crippen LogP contribution in [0.5, 0.6) is 0 Å². The number of hydrogen-bond donors (Lipinski definition) is 1. The highest BCUT2D eigenvalue weighted by Gasteiger charge is 2.46. The summed E-state index contributed by atoms with van der Waals surface area (Å²) in [6.45, 7) is 9.03. The van der Waals surface area contributed by atoms with Crippen molar-refractivity contribution in [1.29, 1.82) is 0 Å². The molecule has 0 aromatic heterocycles. The topological polar surface area (TPSA) is 62.9 Å². The minimum Gasteiger partial charge on any atom is -0.351 e. The molecule has 0 aromatic rings. The van der Waals surface area contributed by atoms with E-state index >= 15 is 0 Å². The summed E-state index contributed by atoms with van der Waals surface area (Å²) in [6, 6.07) is 0. The molecule has 0 rings (SSSR count). The molecule has 1 unspecified atom stereocenters. The predicted octanol–water partition coefficient (Wildman–Crippen LogP) is 1.24. The Morgan fingerprint density at radius 2 is 1.33 bits per heavy atom. The number of rotatable bonds is 9. The summed E-state index contributed by atoms with van der Waals surface area (Å²) in [4.78, 5) is 0. The van der Waals surface area contributed by atoms with E-state index in [2.05, 4.69) is 0 Å². The Bertz CT molecular complexity index is 142. The van der Waals surface area contributed by atoms with Gasteiger partial charge in [-0.1, -0.05) is 6.92 Å². The van der Waals surface area contributed by atoms with Crippen LogP contribution in [-0.2, 0) is 17.7 Å². The van der Waals surface area contributed by atoms with Crippen molar-refractivity contribution >= 4 is 9.05 Å². The molecule has 0 bridgehead atoms. The van der Waals surface area contributed by atoms with E-state index in [0.29, 0.717) is 26.2 Å². The van der Waals surface area contributed by atoms with Gasteiger partial charge in [0.2, 0.25) is 0 Å². The van der Waals surface area contributed by atoms with Gasteiger partial charge in [0, 0.05) is 19.8 Å². The van der Waals surface area contributed by atoms with Gasteiger partial charge in [-0.05, 0) is 27.2 Å². The molecule has 2 N–H and O–H groups in total. The van der Waals surface area contributed by atoms with Gasteiger partial charge in [-0.3, -0.25) is 0 Å². The summed E-state index contributed by atoms with van der Waals surface area (Å²) in [7, 11) is -3.00. The van der Waals surface area contributed by atoms with Gasteiger partial charge in [-0.2, -0.15) is 0 Å². The second-order valence-corrected chi connectivity index (χ2v) is 4.97. The minimum absolute atomic E-state index is 0.402. The van der Waals surface area contributed by atoms with Crippen LogP contribution in [-0.4, -0.2) is 35.1 Å². The smallest absolute Gasteiger partial charge is 0.351 e. The normalized spacial score (nSPS) is 14.2. The first kappa shape index (κ1) is 15.0. The summed E-state index contributed by atoms with van der Waals surface area (Å²) < 4.78 is 22.0. The average Bonchev–Trinajstić information content (AvgIpc) is 2.18. The van der Waals surface area contributed by atoms with Crippen LogP contribution in [0.2, 0.25) is 0 Å². The third-order valence-corrected chi connectivity index (χ3v) is 4.18. The molecule has 0 aliphatic heterocycles. The van der Waals surface area contributed by atoms with Crippen LogP contribution >= 0.6 is 0 Å². The molecule has 0 amide bonds. The number of hydrogen-bond acceptors (Lipinski definition) is 5. The Hall–Kier alpha value is 0.0169. The van der Waals surface area contributed by atoms with Crippen LogP contribution in [0, 0.1) is 0 Å². The third-order valence-electron chi connectivity index (χ3n) is 1.66. The van der Waals surface area contributed by atoms with Gasteiger partial charge in [0.05, 0.1) is 0 Å². The molecule has 0 aliphatic carbocycles. The lowest BCUT2D eigenvalue weighted by Gasteiger charge is -2.29. The third kappa shape index (κ3) is 5.60. The first-order valence-corrected chi connectivity index (χ1v) is 7.12. The summed E-state index contributed by atoms with van der Waals surface area (Å²) in [6.07, 6.45) is 0.295. The molecule has 15 heavy (non-hydrogen) atoms. The van der Waals surface area contributed by atoms with E-state index in [1.807, 2.05) is 27.7 Å². The van der Waals surface area contributed by atoms with Crippen LogP contribution in [0.3, 0.4) is 0 Å². The SMILES string of the molecule is CCO[Si](OCC)(OCC)OC(N)CC. The average molecular weight is 237 g/mol. The van der Waals surface area contributed by atoms with Crippen molar-refractivity contribution in [1.82, 2.24) is 0 Å². The van der Waals surface area contributed by atoms with E-state index in [1.54, 1.807) is 0 Å². The second-order valence-electron chi connectivity index (χ2n) is 2.86. The lowest BCUT2D eigenvalue weighted by Crippen LogP contribution is -2.53. The molecule has 0 aromatic carbocycles. The van der Waals surface area contributed by atoms with E-state index < -0.39 is 15.3 Å². The Balaban J connectivity index is 4.44. The molecular formula is C9H23NO4Si. The molecule has 6 heteroatoms. The van der Waals surface area contributed by atoms with Crippen molar-refractivity contribution in [3.8, 4) is 0 Å². The molecular weight excluding hydrogens is 214 g/mol. The van der Waals surface area contributed by atoms with Gasteiger partial charge in [0.1, 0.15) is 6.23 Å². The Labute approximate surface area is 93.3 Å². The van der Waals surface area contributed by atoms with Gasteiger partial charge >= 0.3 is 9.05 Å². The maximum absolute atomic E-state index is 5.72. The highest BCUT2D eigenvalue weighted by Crippen LogP contribution is 2.14. The monoisotopic (exact) mass is 237 g/mol. The second kappa shape index (κ2) is 8.20. The van der Waals surface area contributed by atoms with Crippen molar-refractivity contribution in [3.63, 3.8) is 0 Å². The van der Waals surface area contributed by atoms with Crippen molar-refractivity contribution < 1.29 is 17.7 Å². The summed E-state index contributed by atoms with van der Waals surface area (Å²) in [5.74, 6) is 0. The molecule has 0 fully saturated rings. The van der Waals surface area contributed by atoms with Crippen molar-refractivity contribution in [2.75, 3.05) is 19.8 Å². The Morgan fingerprint density at radius 1 is 0.933 bits per heavy atom. The van der Waals surface area contributed by atoms with Crippen molar-refractivity contribution in [3.05, 3.63) is 0 Å².